The topological polar surface area (TPSA) is 94.9 Å². The standard InChI is InChI=1S/C27H34N4O3S/c1-2-3-8-22(32)20(15-17-9-10-17)25(33)30-24-27(34)31(16-18-11-12-18)21-7-5-4-6-19(21)23(29-24)26-28-13-14-35-26/h4-7,13-14,17-18,20,22,24,32H,2-3,8-12,15-16H2,1H3,(H,30,33). The number of unbranched alkanes of at least 4 members (excludes halogenated alkanes) is 1. The Hall–Kier alpha value is -2.58. The van der Waals surface area contributed by atoms with Gasteiger partial charge in [0.15, 0.2) is 0 Å². The zero-order valence-corrected chi connectivity index (χ0v) is 21.0. The fraction of sp³-hybridized carbons (Fsp3) is 0.556. The van der Waals surface area contributed by atoms with Crippen molar-refractivity contribution < 1.29 is 14.7 Å². The number of benzodiazepines with no additional fused rings is 1. The first-order valence-electron chi connectivity index (χ1n) is 12.9. The lowest BCUT2D eigenvalue weighted by Crippen LogP contribution is -2.51. The summed E-state index contributed by atoms with van der Waals surface area (Å²) in [4.78, 5) is 38.4. The van der Waals surface area contributed by atoms with E-state index in [0.29, 0.717) is 36.9 Å². The number of rotatable bonds is 11. The number of hydrogen-bond acceptors (Lipinski definition) is 6. The molecule has 1 aromatic heterocycles. The number of carbonyl (C=O) groups is 2. The van der Waals surface area contributed by atoms with Crippen LogP contribution in [0, 0.1) is 17.8 Å². The Morgan fingerprint density at radius 1 is 1.23 bits per heavy atom. The van der Waals surface area contributed by atoms with Crippen molar-refractivity contribution in [2.45, 2.75) is 70.6 Å². The maximum Gasteiger partial charge on any atom is 0.272 e. The van der Waals surface area contributed by atoms with Crippen molar-refractivity contribution in [3.05, 3.63) is 46.4 Å². The van der Waals surface area contributed by atoms with Crippen LogP contribution in [0.3, 0.4) is 0 Å². The fourth-order valence-electron chi connectivity index (χ4n) is 4.79. The van der Waals surface area contributed by atoms with Crippen LogP contribution < -0.4 is 10.2 Å². The van der Waals surface area contributed by atoms with Gasteiger partial charge < -0.3 is 15.3 Å². The van der Waals surface area contributed by atoms with E-state index in [9.17, 15) is 14.7 Å². The summed E-state index contributed by atoms with van der Waals surface area (Å²) in [5.41, 5.74) is 2.29. The van der Waals surface area contributed by atoms with E-state index in [1.165, 1.54) is 11.3 Å². The number of aliphatic hydroxyl groups excluding tert-OH is 1. The molecule has 5 rings (SSSR count). The molecular weight excluding hydrogens is 460 g/mol. The molecule has 1 aliphatic heterocycles. The Balaban J connectivity index is 1.47. The molecule has 7 nitrogen and oxygen atoms in total. The van der Waals surface area contributed by atoms with Crippen molar-refractivity contribution in [2.75, 3.05) is 11.4 Å². The maximum atomic E-state index is 13.8. The van der Waals surface area contributed by atoms with Crippen LogP contribution in [0.4, 0.5) is 5.69 Å². The number of thiazole rings is 1. The Bertz CT molecular complexity index is 1080. The lowest BCUT2D eigenvalue weighted by atomic mass is 9.91. The van der Waals surface area contributed by atoms with E-state index < -0.39 is 18.2 Å². The highest BCUT2D eigenvalue weighted by molar-refractivity contribution is 7.12. The minimum atomic E-state index is -1.05. The molecule has 35 heavy (non-hydrogen) atoms. The van der Waals surface area contributed by atoms with Gasteiger partial charge in [-0.25, -0.2) is 9.98 Å². The summed E-state index contributed by atoms with van der Waals surface area (Å²) in [5.74, 6) is -0.0705. The molecule has 0 bridgehead atoms. The number of nitrogens with zero attached hydrogens (tertiary/aromatic N) is 3. The number of aliphatic imine (C=N–C) groups is 1. The van der Waals surface area contributed by atoms with Crippen molar-refractivity contribution in [1.29, 1.82) is 0 Å². The predicted octanol–water partition coefficient (Wildman–Crippen LogP) is 4.15. The number of fused-ring (bicyclic) bond motifs is 1. The van der Waals surface area contributed by atoms with E-state index >= 15 is 0 Å². The quantitative estimate of drug-likeness (QED) is 0.491. The third kappa shape index (κ3) is 5.64. The van der Waals surface area contributed by atoms with Crippen molar-refractivity contribution >= 4 is 34.6 Å². The second-order valence-electron chi connectivity index (χ2n) is 10.1. The molecule has 3 unspecified atom stereocenters. The van der Waals surface area contributed by atoms with Gasteiger partial charge in [0.25, 0.3) is 5.91 Å². The van der Waals surface area contributed by atoms with Gasteiger partial charge in [-0.1, -0.05) is 50.8 Å². The van der Waals surface area contributed by atoms with Crippen LogP contribution in [0.2, 0.25) is 0 Å². The monoisotopic (exact) mass is 494 g/mol. The van der Waals surface area contributed by atoms with Gasteiger partial charge in [-0.05, 0) is 43.6 Å². The number of aromatic nitrogens is 1. The number of aliphatic hydroxyl groups is 1. The normalized spacial score (nSPS) is 21.7. The van der Waals surface area contributed by atoms with Crippen LogP contribution in [0.5, 0.6) is 0 Å². The first-order valence-corrected chi connectivity index (χ1v) is 13.8. The van der Waals surface area contributed by atoms with Gasteiger partial charge in [0.05, 0.1) is 17.7 Å². The number of benzene rings is 1. The zero-order chi connectivity index (χ0) is 24.4. The molecule has 2 aliphatic carbocycles. The average molecular weight is 495 g/mol. The highest BCUT2D eigenvalue weighted by atomic mass is 32.1. The largest absolute Gasteiger partial charge is 0.392 e. The Labute approximate surface area is 210 Å². The lowest BCUT2D eigenvalue weighted by Gasteiger charge is -2.27. The molecule has 2 saturated carbocycles. The summed E-state index contributed by atoms with van der Waals surface area (Å²) in [6, 6.07) is 7.79. The van der Waals surface area contributed by atoms with Crippen LogP contribution in [0.25, 0.3) is 0 Å². The van der Waals surface area contributed by atoms with E-state index in [1.54, 1.807) is 11.1 Å². The number of nitrogens with one attached hydrogen (secondary N) is 1. The molecule has 0 saturated heterocycles. The van der Waals surface area contributed by atoms with Crippen molar-refractivity contribution in [2.24, 2.45) is 22.7 Å². The average Bonchev–Trinajstić information content (AvgIpc) is 3.80. The van der Waals surface area contributed by atoms with E-state index in [0.717, 1.165) is 54.8 Å². The smallest absolute Gasteiger partial charge is 0.272 e. The third-order valence-corrected chi connectivity index (χ3v) is 7.98. The van der Waals surface area contributed by atoms with Gasteiger partial charge in [-0.2, -0.15) is 0 Å². The van der Waals surface area contributed by atoms with E-state index in [4.69, 9.17) is 4.99 Å². The van der Waals surface area contributed by atoms with Crippen LogP contribution in [0.15, 0.2) is 40.8 Å². The Morgan fingerprint density at radius 2 is 2.00 bits per heavy atom. The summed E-state index contributed by atoms with van der Waals surface area (Å²) < 4.78 is 0. The predicted molar refractivity (Wildman–Crippen MR) is 138 cm³/mol. The van der Waals surface area contributed by atoms with Gasteiger partial charge in [0.2, 0.25) is 12.1 Å². The number of amides is 2. The summed E-state index contributed by atoms with van der Waals surface area (Å²) in [6.07, 6.45) is 7.47. The van der Waals surface area contributed by atoms with Gasteiger partial charge in [0, 0.05) is 23.7 Å². The lowest BCUT2D eigenvalue weighted by molar-refractivity contribution is -0.133. The molecule has 0 radical (unpaired) electrons. The Kier molecular flexibility index (Phi) is 7.29. The summed E-state index contributed by atoms with van der Waals surface area (Å²) in [5, 5.41) is 16.4. The maximum absolute atomic E-state index is 13.8. The van der Waals surface area contributed by atoms with E-state index in [2.05, 4.69) is 17.2 Å². The molecule has 186 valence electrons. The molecule has 0 spiro atoms. The highest BCUT2D eigenvalue weighted by Crippen LogP contribution is 2.38. The molecule has 1 aromatic carbocycles. The molecule has 3 atom stereocenters. The molecule has 2 aromatic rings. The number of hydrogen-bond donors (Lipinski definition) is 2. The number of para-hydroxylation sites is 1. The Morgan fingerprint density at radius 3 is 2.69 bits per heavy atom. The van der Waals surface area contributed by atoms with Crippen molar-refractivity contribution in [1.82, 2.24) is 10.3 Å². The molecule has 8 heteroatoms. The van der Waals surface area contributed by atoms with Crippen LogP contribution in [-0.2, 0) is 9.59 Å². The third-order valence-electron chi connectivity index (χ3n) is 7.20. The van der Waals surface area contributed by atoms with Crippen LogP contribution in [0.1, 0.15) is 68.9 Å². The van der Waals surface area contributed by atoms with Crippen LogP contribution >= 0.6 is 11.3 Å². The van der Waals surface area contributed by atoms with Crippen molar-refractivity contribution in [3.8, 4) is 0 Å². The van der Waals surface area contributed by atoms with Gasteiger partial charge in [-0.15, -0.1) is 11.3 Å². The molecule has 2 amide bonds. The molecule has 2 heterocycles. The van der Waals surface area contributed by atoms with Gasteiger partial charge in [0.1, 0.15) is 10.7 Å². The number of carbonyl (C=O) groups excluding carboxylic acids is 2. The molecule has 2 N–H and O–H groups in total. The second kappa shape index (κ2) is 10.6. The first-order chi connectivity index (χ1) is 17.0. The minimum Gasteiger partial charge on any atom is -0.392 e. The number of anilines is 1. The molecule has 3 aliphatic rings. The van der Waals surface area contributed by atoms with Crippen LogP contribution in [-0.4, -0.2) is 46.4 Å². The highest BCUT2D eigenvalue weighted by Gasteiger charge is 2.39. The molecular formula is C27H34N4O3S. The summed E-state index contributed by atoms with van der Waals surface area (Å²) >= 11 is 1.46. The first kappa shape index (κ1) is 24.1. The second-order valence-corrected chi connectivity index (χ2v) is 11.0. The van der Waals surface area contributed by atoms with Gasteiger partial charge in [-0.3, -0.25) is 9.59 Å². The van der Waals surface area contributed by atoms with E-state index in [-0.39, 0.29) is 11.8 Å². The summed E-state index contributed by atoms with van der Waals surface area (Å²) in [7, 11) is 0. The minimum absolute atomic E-state index is 0.225. The molecule has 2 fully saturated rings. The van der Waals surface area contributed by atoms with Gasteiger partial charge >= 0.3 is 0 Å². The van der Waals surface area contributed by atoms with E-state index in [1.807, 2.05) is 29.6 Å². The zero-order valence-electron chi connectivity index (χ0n) is 20.2. The fourth-order valence-corrected chi connectivity index (χ4v) is 5.44. The summed E-state index contributed by atoms with van der Waals surface area (Å²) in [6.45, 7) is 2.70. The van der Waals surface area contributed by atoms with Crippen molar-refractivity contribution in [3.63, 3.8) is 0 Å². The SMILES string of the molecule is CCCCC(O)C(CC1CC1)C(=O)NC1N=C(c2nccs2)c2ccccc2N(CC2CC2)C1=O.